The van der Waals surface area contributed by atoms with Crippen molar-refractivity contribution in [2.75, 3.05) is 6.61 Å². The van der Waals surface area contributed by atoms with Gasteiger partial charge in [0, 0.05) is 12.7 Å². The third kappa shape index (κ3) is 5.16. The van der Waals surface area contributed by atoms with E-state index in [1.165, 1.54) is 0 Å². The maximum atomic E-state index is 12.5. The lowest BCUT2D eigenvalue weighted by atomic mass is 9.98. The number of ether oxygens (including phenoxy) is 1. The molecule has 154 valence electrons. The predicted octanol–water partition coefficient (Wildman–Crippen LogP) is 1.68. The van der Waals surface area contributed by atoms with Crippen LogP contribution in [0.15, 0.2) is 41.4 Å². The summed E-state index contributed by atoms with van der Waals surface area (Å²) in [5.41, 5.74) is 0.952. The zero-order valence-corrected chi connectivity index (χ0v) is 17.0. The highest BCUT2D eigenvalue weighted by Gasteiger charge is 2.33. The van der Waals surface area contributed by atoms with E-state index in [0.717, 1.165) is 12.1 Å². The first kappa shape index (κ1) is 20.9. The average Bonchev–Trinajstić information content (AvgIpc) is 3.17. The summed E-state index contributed by atoms with van der Waals surface area (Å²) in [5.74, 6) is 0.330. The Kier molecular flexibility index (Phi) is 6.82. The SMILES string of the molecule is CC(C)c1cn(CC[C@@H]2CC[C@@H](NS(=O)(=O)c3ccccc3)[C@@H](CO)O2)nn1. The monoisotopic (exact) mass is 408 g/mol. The summed E-state index contributed by atoms with van der Waals surface area (Å²) in [6.07, 6.45) is 3.37. The highest BCUT2D eigenvalue weighted by molar-refractivity contribution is 7.89. The van der Waals surface area contributed by atoms with E-state index < -0.39 is 22.2 Å². The van der Waals surface area contributed by atoms with Crippen molar-refractivity contribution in [3.63, 3.8) is 0 Å². The topological polar surface area (TPSA) is 106 Å². The fourth-order valence-electron chi connectivity index (χ4n) is 3.31. The molecule has 3 rings (SSSR count). The van der Waals surface area contributed by atoms with E-state index in [4.69, 9.17) is 4.74 Å². The number of aryl methyl sites for hydroxylation is 1. The van der Waals surface area contributed by atoms with Crippen LogP contribution in [-0.2, 0) is 21.3 Å². The first-order valence-corrected chi connectivity index (χ1v) is 11.1. The Morgan fingerprint density at radius 2 is 2.04 bits per heavy atom. The van der Waals surface area contributed by atoms with E-state index in [1.54, 1.807) is 35.0 Å². The number of hydrogen-bond donors (Lipinski definition) is 2. The molecule has 1 aliphatic heterocycles. The third-order valence-electron chi connectivity index (χ3n) is 4.98. The van der Waals surface area contributed by atoms with Gasteiger partial charge in [0.05, 0.1) is 35.4 Å². The number of nitrogens with one attached hydrogen (secondary N) is 1. The van der Waals surface area contributed by atoms with Gasteiger partial charge >= 0.3 is 0 Å². The predicted molar refractivity (Wildman–Crippen MR) is 104 cm³/mol. The standard InChI is InChI=1S/C19H28N4O4S/c1-14(2)18-12-23(22-20-18)11-10-15-8-9-17(19(13-24)27-15)21-28(25,26)16-6-4-3-5-7-16/h3-7,12,14-15,17,19,21,24H,8-11,13H2,1-2H3/t15-,17+,19+/m0/s1. The van der Waals surface area contributed by atoms with Crippen LogP contribution in [0.25, 0.3) is 0 Å². The van der Waals surface area contributed by atoms with Gasteiger partial charge in [-0.3, -0.25) is 4.68 Å². The lowest BCUT2D eigenvalue weighted by molar-refractivity contribution is -0.0891. The van der Waals surface area contributed by atoms with E-state index in [1.807, 2.05) is 6.20 Å². The lowest BCUT2D eigenvalue weighted by Crippen LogP contribution is -2.50. The van der Waals surface area contributed by atoms with Crippen LogP contribution in [0.5, 0.6) is 0 Å². The molecule has 0 radical (unpaired) electrons. The highest BCUT2D eigenvalue weighted by Crippen LogP contribution is 2.24. The molecule has 8 nitrogen and oxygen atoms in total. The van der Waals surface area contributed by atoms with Gasteiger partial charge in [0.25, 0.3) is 0 Å². The maximum absolute atomic E-state index is 12.5. The molecule has 0 saturated carbocycles. The van der Waals surface area contributed by atoms with Crippen molar-refractivity contribution in [2.45, 2.75) is 68.7 Å². The number of benzene rings is 1. The van der Waals surface area contributed by atoms with E-state index in [9.17, 15) is 13.5 Å². The molecule has 1 aromatic heterocycles. The van der Waals surface area contributed by atoms with Crippen LogP contribution in [0.3, 0.4) is 0 Å². The van der Waals surface area contributed by atoms with Gasteiger partial charge in [-0.05, 0) is 37.3 Å². The molecule has 0 spiro atoms. The first-order valence-electron chi connectivity index (χ1n) is 9.62. The summed E-state index contributed by atoms with van der Waals surface area (Å²) < 4.78 is 35.5. The lowest BCUT2D eigenvalue weighted by Gasteiger charge is -2.36. The number of nitrogens with zero attached hydrogens (tertiary/aromatic N) is 3. The van der Waals surface area contributed by atoms with Gasteiger partial charge in [0.15, 0.2) is 0 Å². The van der Waals surface area contributed by atoms with E-state index in [0.29, 0.717) is 25.3 Å². The summed E-state index contributed by atoms with van der Waals surface area (Å²) >= 11 is 0. The average molecular weight is 409 g/mol. The highest BCUT2D eigenvalue weighted by atomic mass is 32.2. The van der Waals surface area contributed by atoms with Crippen molar-refractivity contribution < 1.29 is 18.3 Å². The van der Waals surface area contributed by atoms with Gasteiger partial charge in [-0.2, -0.15) is 0 Å². The zero-order valence-electron chi connectivity index (χ0n) is 16.2. The van der Waals surface area contributed by atoms with Gasteiger partial charge < -0.3 is 9.84 Å². The summed E-state index contributed by atoms with van der Waals surface area (Å²) in [7, 11) is -3.64. The third-order valence-corrected chi connectivity index (χ3v) is 6.49. The Hall–Kier alpha value is -1.81. The Labute approximate surface area is 166 Å². The van der Waals surface area contributed by atoms with Crippen molar-refractivity contribution in [1.29, 1.82) is 0 Å². The van der Waals surface area contributed by atoms with Crippen LogP contribution in [0.4, 0.5) is 0 Å². The molecule has 2 N–H and O–H groups in total. The van der Waals surface area contributed by atoms with Crippen molar-refractivity contribution in [3.8, 4) is 0 Å². The van der Waals surface area contributed by atoms with Crippen LogP contribution in [0.2, 0.25) is 0 Å². The second-order valence-corrected chi connectivity index (χ2v) is 9.16. The van der Waals surface area contributed by atoms with Gasteiger partial charge in [-0.1, -0.05) is 37.3 Å². The molecule has 3 atom stereocenters. The summed E-state index contributed by atoms with van der Waals surface area (Å²) in [6, 6.07) is 7.77. The molecule has 9 heteroatoms. The molecule has 0 bridgehead atoms. The number of aliphatic hydroxyl groups is 1. The Bertz CT molecular complexity index is 854. The molecule has 2 heterocycles. The smallest absolute Gasteiger partial charge is 0.240 e. The molecule has 1 fully saturated rings. The zero-order chi connectivity index (χ0) is 20.1. The maximum Gasteiger partial charge on any atom is 0.240 e. The van der Waals surface area contributed by atoms with Crippen molar-refractivity contribution >= 4 is 10.0 Å². The van der Waals surface area contributed by atoms with E-state index in [-0.39, 0.29) is 17.6 Å². The number of aliphatic hydroxyl groups excluding tert-OH is 1. The van der Waals surface area contributed by atoms with Gasteiger partial charge in [-0.25, -0.2) is 13.1 Å². The number of sulfonamides is 1. The van der Waals surface area contributed by atoms with Crippen molar-refractivity contribution in [3.05, 3.63) is 42.2 Å². The number of rotatable bonds is 8. The quantitative estimate of drug-likeness (QED) is 0.688. The Balaban J connectivity index is 1.56. The molecule has 0 unspecified atom stereocenters. The summed E-state index contributed by atoms with van der Waals surface area (Å²) in [6.45, 7) is 4.57. The van der Waals surface area contributed by atoms with Crippen molar-refractivity contribution in [2.24, 2.45) is 0 Å². The number of hydrogen-bond acceptors (Lipinski definition) is 6. The Morgan fingerprint density at radius 1 is 1.29 bits per heavy atom. The van der Waals surface area contributed by atoms with Crippen LogP contribution in [-0.4, -0.2) is 53.4 Å². The largest absolute Gasteiger partial charge is 0.394 e. The van der Waals surface area contributed by atoms with Gasteiger partial charge in [0.1, 0.15) is 0 Å². The summed E-state index contributed by atoms with van der Waals surface area (Å²) in [4.78, 5) is 0.209. The first-order chi connectivity index (χ1) is 13.4. The molecular weight excluding hydrogens is 380 g/mol. The molecule has 1 aliphatic rings. The molecule has 0 amide bonds. The molecule has 0 aliphatic carbocycles. The van der Waals surface area contributed by atoms with Crippen LogP contribution in [0, 0.1) is 0 Å². The van der Waals surface area contributed by atoms with Crippen LogP contribution >= 0.6 is 0 Å². The minimum absolute atomic E-state index is 0.0543. The Morgan fingerprint density at radius 3 is 2.68 bits per heavy atom. The normalized spacial score (nSPS) is 23.2. The van der Waals surface area contributed by atoms with Gasteiger partial charge in [0.2, 0.25) is 10.0 Å². The van der Waals surface area contributed by atoms with E-state index >= 15 is 0 Å². The molecule has 1 aromatic carbocycles. The molecule has 28 heavy (non-hydrogen) atoms. The fourth-order valence-corrected chi connectivity index (χ4v) is 4.63. The second-order valence-electron chi connectivity index (χ2n) is 7.45. The van der Waals surface area contributed by atoms with Crippen LogP contribution in [0.1, 0.15) is 44.7 Å². The minimum Gasteiger partial charge on any atom is -0.394 e. The van der Waals surface area contributed by atoms with Gasteiger partial charge in [-0.15, -0.1) is 5.10 Å². The minimum atomic E-state index is -3.64. The van der Waals surface area contributed by atoms with Crippen molar-refractivity contribution in [1.82, 2.24) is 19.7 Å². The fraction of sp³-hybridized carbons (Fsp3) is 0.579. The molecular formula is C19H28N4O4S. The number of aromatic nitrogens is 3. The molecule has 1 saturated heterocycles. The van der Waals surface area contributed by atoms with Crippen LogP contribution < -0.4 is 4.72 Å². The van der Waals surface area contributed by atoms with E-state index in [2.05, 4.69) is 28.9 Å². The second kappa shape index (κ2) is 9.13. The molecule has 2 aromatic rings. The summed E-state index contributed by atoms with van der Waals surface area (Å²) in [5, 5.41) is 18.0.